The summed E-state index contributed by atoms with van der Waals surface area (Å²) in [6, 6.07) is 5.68. The van der Waals surface area contributed by atoms with Crippen LogP contribution in [0.5, 0.6) is 0 Å². The van der Waals surface area contributed by atoms with Gasteiger partial charge in [0.1, 0.15) is 30.0 Å². The van der Waals surface area contributed by atoms with Gasteiger partial charge in [-0.05, 0) is 70.9 Å². The molecule has 0 radical (unpaired) electrons. The van der Waals surface area contributed by atoms with Crippen LogP contribution < -0.4 is 10.6 Å². The SMILES string of the molecule is C[C@@H](C(=O)N[C@H]1CCO[C@H]2CCC(C(=O)N[C@@H]3CCCc4ccccc43)N2C1=O)N(C)C(=O)OC(C)(C)C. The van der Waals surface area contributed by atoms with Crippen LogP contribution in [0.1, 0.15) is 77.0 Å². The van der Waals surface area contributed by atoms with Crippen molar-refractivity contribution < 1.29 is 28.7 Å². The van der Waals surface area contributed by atoms with Gasteiger partial charge in [-0.25, -0.2) is 4.79 Å². The van der Waals surface area contributed by atoms with Gasteiger partial charge in [0.05, 0.1) is 12.6 Å². The van der Waals surface area contributed by atoms with Crippen molar-refractivity contribution in [1.29, 1.82) is 0 Å². The van der Waals surface area contributed by atoms with Crippen LogP contribution in [0.3, 0.4) is 0 Å². The van der Waals surface area contributed by atoms with E-state index in [1.54, 1.807) is 27.7 Å². The molecule has 2 N–H and O–H groups in total. The van der Waals surface area contributed by atoms with E-state index < -0.39 is 42.0 Å². The minimum absolute atomic E-state index is 0.0887. The predicted octanol–water partition coefficient (Wildman–Crippen LogP) is 2.66. The molecule has 10 nitrogen and oxygen atoms in total. The zero-order valence-electron chi connectivity index (χ0n) is 23.0. The number of hydrogen-bond donors (Lipinski definition) is 2. The summed E-state index contributed by atoms with van der Waals surface area (Å²) in [6.07, 6.45) is 3.05. The van der Waals surface area contributed by atoms with Gasteiger partial charge >= 0.3 is 6.09 Å². The van der Waals surface area contributed by atoms with Crippen LogP contribution in [0.4, 0.5) is 4.79 Å². The van der Waals surface area contributed by atoms with Gasteiger partial charge in [0.2, 0.25) is 17.7 Å². The lowest BCUT2D eigenvalue weighted by atomic mass is 9.87. The molecular weight excluding hydrogens is 488 g/mol. The number of ether oxygens (including phenoxy) is 2. The Labute approximate surface area is 224 Å². The van der Waals surface area contributed by atoms with Crippen LogP contribution >= 0.6 is 0 Å². The lowest BCUT2D eigenvalue weighted by molar-refractivity contribution is -0.149. The third-order valence-electron chi connectivity index (χ3n) is 7.55. The van der Waals surface area contributed by atoms with Crippen LogP contribution in [0, 0.1) is 0 Å². The summed E-state index contributed by atoms with van der Waals surface area (Å²) >= 11 is 0. The molecule has 38 heavy (non-hydrogen) atoms. The molecule has 2 saturated heterocycles. The Kier molecular flexibility index (Phi) is 8.30. The number of benzene rings is 1. The van der Waals surface area contributed by atoms with Gasteiger partial charge in [-0.1, -0.05) is 24.3 Å². The van der Waals surface area contributed by atoms with E-state index >= 15 is 0 Å². The molecule has 2 aliphatic heterocycles. The van der Waals surface area contributed by atoms with Gasteiger partial charge in [0.15, 0.2) is 0 Å². The standard InChI is InChI=1S/C28H40N4O6/c1-17(31(5)27(36)38-28(2,3)4)24(33)30-21-15-16-37-23-14-13-22(32(23)26(21)35)25(34)29-20-12-8-10-18-9-6-7-11-19(18)20/h6-7,9,11,17,20-23H,8,10,12-16H2,1-5H3,(H,29,34)(H,30,33)/t17-,20+,21-,22?,23-/m0/s1. The molecule has 3 aliphatic rings. The molecule has 5 atom stereocenters. The van der Waals surface area contributed by atoms with E-state index in [0.29, 0.717) is 12.8 Å². The molecule has 208 valence electrons. The van der Waals surface area contributed by atoms with Crippen molar-refractivity contribution in [3.63, 3.8) is 0 Å². The zero-order chi connectivity index (χ0) is 27.6. The number of amides is 4. The quantitative estimate of drug-likeness (QED) is 0.607. The van der Waals surface area contributed by atoms with E-state index in [1.807, 2.05) is 12.1 Å². The average Bonchev–Trinajstić information content (AvgIpc) is 3.23. The van der Waals surface area contributed by atoms with Crippen molar-refractivity contribution >= 4 is 23.8 Å². The molecule has 2 fully saturated rings. The molecule has 1 aromatic carbocycles. The Morgan fingerprint density at radius 2 is 1.82 bits per heavy atom. The van der Waals surface area contributed by atoms with Gasteiger partial charge in [0.25, 0.3) is 0 Å². The number of hydrogen-bond acceptors (Lipinski definition) is 6. The number of carbonyl (C=O) groups excluding carboxylic acids is 4. The summed E-state index contributed by atoms with van der Waals surface area (Å²) in [5.74, 6) is -1.01. The van der Waals surface area contributed by atoms with Crippen molar-refractivity contribution in [2.24, 2.45) is 0 Å². The summed E-state index contributed by atoms with van der Waals surface area (Å²) in [4.78, 5) is 55.2. The third-order valence-corrected chi connectivity index (χ3v) is 7.55. The van der Waals surface area contributed by atoms with E-state index in [4.69, 9.17) is 9.47 Å². The van der Waals surface area contributed by atoms with E-state index in [2.05, 4.69) is 22.8 Å². The Bertz CT molecular complexity index is 1070. The second-order valence-corrected chi connectivity index (χ2v) is 11.4. The molecule has 1 aromatic rings. The molecule has 10 heteroatoms. The fourth-order valence-electron chi connectivity index (χ4n) is 5.39. The minimum Gasteiger partial charge on any atom is -0.444 e. The Morgan fingerprint density at radius 1 is 1.08 bits per heavy atom. The van der Waals surface area contributed by atoms with Gasteiger partial charge in [-0.3, -0.25) is 19.3 Å². The molecule has 0 aromatic heterocycles. The first kappa shape index (κ1) is 27.9. The summed E-state index contributed by atoms with van der Waals surface area (Å²) in [6.45, 7) is 7.10. The fraction of sp³-hybridized carbons (Fsp3) is 0.643. The summed E-state index contributed by atoms with van der Waals surface area (Å²) in [5, 5.41) is 5.96. The summed E-state index contributed by atoms with van der Waals surface area (Å²) in [7, 11) is 1.48. The van der Waals surface area contributed by atoms with Crippen LogP contribution in [-0.4, -0.2) is 77.2 Å². The molecule has 1 aliphatic carbocycles. The topological polar surface area (TPSA) is 117 Å². The highest BCUT2D eigenvalue weighted by Gasteiger charge is 2.46. The number of rotatable bonds is 5. The van der Waals surface area contributed by atoms with Gasteiger partial charge < -0.3 is 25.0 Å². The lowest BCUT2D eigenvalue weighted by Crippen LogP contribution is -2.57. The molecule has 4 rings (SSSR count). The van der Waals surface area contributed by atoms with Crippen LogP contribution in [-0.2, 0) is 30.3 Å². The molecule has 0 saturated carbocycles. The number of likely N-dealkylation sites (N-methyl/N-ethyl adjacent to an activating group) is 1. The monoisotopic (exact) mass is 528 g/mol. The molecule has 1 unspecified atom stereocenters. The zero-order valence-corrected chi connectivity index (χ0v) is 23.0. The lowest BCUT2D eigenvalue weighted by Gasteiger charge is -2.33. The van der Waals surface area contributed by atoms with E-state index in [1.165, 1.54) is 22.4 Å². The van der Waals surface area contributed by atoms with Crippen molar-refractivity contribution in [2.45, 2.75) is 102 Å². The highest BCUT2D eigenvalue weighted by molar-refractivity contribution is 5.94. The van der Waals surface area contributed by atoms with E-state index in [-0.39, 0.29) is 30.9 Å². The maximum atomic E-state index is 13.6. The smallest absolute Gasteiger partial charge is 0.410 e. The maximum absolute atomic E-state index is 13.6. The summed E-state index contributed by atoms with van der Waals surface area (Å²) in [5.41, 5.74) is 1.68. The third kappa shape index (κ3) is 6.11. The first-order valence-corrected chi connectivity index (χ1v) is 13.5. The minimum atomic E-state index is -0.860. The maximum Gasteiger partial charge on any atom is 0.410 e. The molecule has 4 amide bonds. The van der Waals surface area contributed by atoms with E-state index in [0.717, 1.165) is 24.8 Å². The predicted molar refractivity (Wildman–Crippen MR) is 140 cm³/mol. The van der Waals surface area contributed by atoms with Gasteiger partial charge in [-0.2, -0.15) is 0 Å². The number of nitrogens with zero attached hydrogens (tertiary/aromatic N) is 2. The Hall–Kier alpha value is -3.14. The van der Waals surface area contributed by atoms with Crippen LogP contribution in [0.25, 0.3) is 0 Å². The fourth-order valence-corrected chi connectivity index (χ4v) is 5.39. The molecule has 0 bridgehead atoms. The highest BCUT2D eigenvalue weighted by Crippen LogP contribution is 2.32. The second-order valence-electron chi connectivity index (χ2n) is 11.4. The number of nitrogens with one attached hydrogen (secondary N) is 2. The van der Waals surface area contributed by atoms with Crippen LogP contribution in [0.15, 0.2) is 24.3 Å². The second kappa shape index (κ2) is 11.3. The van der Waals surface area contributed by atoms with Crippen molar-refractivity contribution in [3.05, 3.63) is 35.4 Å². The molecule has 0 spiro atoms. The van der Waals surface area contributed by atoms with Gasteiger partial charge in [-0.15, -0.1) is 0 Å². The average molecular weight is 529 g/mol. The van der Waals surface area contributed by atoms with E-state index in [9.17, 15) is 19.2 Å². The molecule has 2 heterocycles. The largest absolute Gasteiger partial charge is 0.444 e. The van der Waals surface area contributed by atoms with Gasteiger partial charge in [0, 0.05) is 13.5 Å². The number of carbonyl (C=O) groups is 4. The van der Waals surface area contributed by atoms with Crippen molar-refractivity contribution in [1.82, 2.24) is 20.4 Å². The van der Waals surface area contributed by atoms with Crippen molar-refractivity contribution in [3.8, 4) is 0 Å². The normalized spacial score (nSPS) is 25.9. The number of fused-ring (bicyclic) bond motifs is 2. The Balaban J connectivity index is 1.42. The van der Waals surface area contributed by atoms with Crippen molar-refractivity contribution in [2.75, 3.05) is 13.7 Å². The van der Waals surface area contributed by atoms with Crippen LogP contribution in [0.2, 0.25) is 0 Å². The molecular formula is C28H40N4O6. The summed E-state index contributed by atoms with van der Waals surface area (Å²) < 4.78 is 11.3. The number of aryl methyl sites for hydroxylation is 1. The first-order valence-electron chi connectivity index (χ1n) is 13.5. The Morgan fingerprint density at radius 3 is 2.55 bits per heavy atom. The first-order chi connectivity index (χ1) is 18.0. The highest BCUT2D eigenvalue weighted by atomic mass is 16.6.